The molecule has 4 rings (SSSR count). The monoisotopic (exact) mass is 461 g/mol. The van der Waals surface area contributed by atoms with Crippen LogP contribution >= 0.6 is 7.92 Å². The lowest BCUT2D eigenvalue weighted by atomic mass is 10.1. The maximum Gasteiger partial charge on any atom is 0.363 e. The standard InChI is InChI=1S/C25H20NO6P/c1-31-25(30)20-13-12-17(24(29)32-26-22(27)14-15-23(26)28)16-21(20)33(18-8-4-2-5-9-18)19-10-6-3-7-11-19/h2-13,16H,14-15H2,1H3. The summed E-state index contributed by atoms with van der Waals surface area (Å²) >= 11 is 0. The highest BCUT2D eigenvalue weighted by Crippen LogP contribution is 2.35. The van der Waals surface area contributed by atoms with Crippen LogP contribution < -0.4 is 15.9 Å². The van der Waals surface area contributed by atoms with Gasteiger partial charge in [0.1, 0.15) is 0 Å². The number of carbonyl (C=O) groups is 4. The van der Waals surface area contributed by atoms with Crippen LogP contribution in [0.5, 0.6) is 0 Å². The molecule has 0 radical (unpaired) electrons. The molecule has 3 aromatic carbocycles. The number of methoxy groups -OCH3 is 1. The molecule has 1 aliphatic heterocycles. The van der Waals surface area contributed by atoms with Gasteiger partial charge in [0.05, 0.1) is 18.2 Å². The molecule has 0 unspecified atom stereocenters. The van der Waals surface area contributed by atoms with Crippen molar-refractivity contribution in [3.8, 4) is 0 Å². The Kier molecular flexibility index (Phi) is 6.61. The van der Waals surface area contributed by atoms with Gasteiger partial charge in [-0.25, -0.2) is 9.59 Å². The van der Waals surface area contributed by atoms with E-state index in [1.165, 1.54) is 19.2 Å². The Morgan fingerprint density at radius 3 is 1.85 bits per heavy atom. The average Bonchev–Trinajstić information content (AvgIpc) is 3.17. The second-order valence-corrected chi connectivity index (χ2v) is 9.38. The molecule has 8 heteroatoms. The summed E-state index contributed by atoms with van der Waals surface area (Å²) in [4.78, 5) is 54.2. The Morgan fingerprint density at radius 2 is 1.33 bits per heavy atom. The first kappa shape index (κ1) is 22.4. The maximum atomic E-state index is 12.8. The molecule has 166 valence electrons. The number of hydroxylamine groups is 2. The third kappa shape index (κ3) is 4.69. The van der Waals surface area contributed by atoms with Gasteiger partial charge in [0.15, 0.2) is 0 Å². The van der Waals surface area contributed by atoms with Gasteiger partial charge in [0, 0.05) is 18.1 Å². The Hall–Kier alpha value is -3.83. The quantitative estimate of drug-likeness (QED) is 0.318. The van der Waals surface area contributed by atoms with Gasteiger partial charge in [0.2, 0.25) is 0 Å². The summed E-state index contributed by atoms with van der Waals surface area (Å²) in [6.45, 7) is 0. The van der Waals surface area contributed by atoms with Crippen LogP contribution in [0.25, 0.3) is 0 Å². The molecule has 1 heterocycles. The van der Waals surface area contributed by atoms with Crippen LogP contribution in [-0.4, -0.2) is 35.9 Å². The molecule has 1 aliphatic rings. The molecule has 1 saturated heterocycles. The molecule has 0 N–H and O–H groups in total. The summed E-state index contributed by atoms with van der Waals surface area (Å²) in [7, 11) is 0.0629. The van der Waals surface area contributed by atoms with Gasteiger partial charge >= 0.3 is 11.9 Å². The summed E-state index contributed by atoms with van der Waals surface area (Å²) in [6.07, 6.45) is 0.0118. The smallest absolute Gasteiger partial charge is 0.363 e. The van der Waals surface area contributed by atoms with Gasteiger partial charge in [-0.1, -0.05) is 60.7 Å². The van der Waals surface area contributed by atoms with E-state index in [2.05, 4.69) is 0 Å². The van der Waals surface area contributed by atoms with E-state index >= 15 is 0 Å². The zero-order valence-electron chi connectivity index (χ0n) is 17.8. The number of benzene rings is 3. The van der Waals surface area contributed by atoms with Gasteiger partial charge in [0.25, 0.3) is 11.8 Å². The minimum atomic E-state index is -1.23. The van der Waals surface area contributed by atoms with Crippen molar-refractivity contribution < 1.29 is 28.8 Å². The van der Waals surface area contributed by atoms with Crippen molar-refractivity contribution in [1.82, 2.24) is 5.06 Å². The molecule has 0 aromatic heterocycles. The average molecular weight is 461 g/mol. The molecule has 0 aliphatic carbocycles. The van der Waals surface area contributed by atoms with Crippen molar-refractivity contribution in [2.24, 2.45) is 0 Å². The molecular formula is C25H20NO6P. The van der Waals surface area contributed by atoms with Crippen molar-refractivity contribution in [3.63, 3.8) is 0 Å². The molecule has 2 amide bonds. The largest absolute Gasteiger partial charge is 0.465 e. The molecular weight excluding hydrogens is 441 g/mol. The first-order valence-corrected chi connectivity index (χ1v) is 11.5. The van der Waals surface area contributed by atoms with Gasteiger partial charge in [-0.3, -0.25) is 9.59 Å². The molecule has 7 nitrogen and oxygen atoms in total. The van der Waals surface area contributed by atoms with Crippen LogP contribution in [0, 0.1) is 0 Å². The lowest BCUT2D eigenvalue weighted by molar-refractivity contribution is -0.172. The first-order valence-electron chi connectivity index (χ1n) is 10.2. The maximum absolute atomic E-state index is 12.8. The number of esters is 1. The van der Waals surface area contributed by atoms with Crippen LogP contribution in [0.3, 0.4) is 0 Å². The predicted molar refractivity (Wildman–Crippen MR) is 123 cm³/mol. The highest BCUT2D eigenvalue weighted by Gasteiger charge is 2.33. The van der Waals surface area contributed by atoms with Crippen molar-refractivity contribution >= 4 is 47.6 Å². The number of nitrogens with zero attached hydrogens (tertiary/aromatic N) is 1. The minimum Gasteiger partial charge on any atom is -0.465 e. The van der Waals surface area contributed by atoms with Crippen molar-refractivity contribution in [2.75, 3.05) is 7.11 Å². The first-order chi connectivity index (χ1) is 16.0. The third-order valence-electron chi connectivity index (χ3n) is 5.09. The summed E-state index contributed by atoms with van der Waals surface area (Å²) in [6, 6.07) is 23.8. The number of carbonyl (C=O) groups excluding carboxylic acids is 4. The van der Waals surface area contributed by atoms with Crippen LogP contribution in [0.4, 0.5) is 0 Å². The normalized spacial score (nSPS) is 13.3. The molecule has 0 bridgehead atoms. The van der Waals surface area contributed by atoms with Crippen LogP contribution in [0.2, 0.25) is 0 Å². The highest BCUT2D eigenvalue weighted by molar-refractivity contribution is 7.80. The van der Waals surface area contributed by atoms with E-state index in [-0.39, 0.29) is 18.4 Å². The van der Waals surface area contributed by atoms with Crippen LogP contribution in [0.1, 0.15) is 33.6 Å². The summed E-state index contributed by atoms with van der Waals surface area (Å²) < 4.78 is 4.99. The van der Waals surface area contributed by atoms with E-state index in [0.29, 0.717) is 15.9 Å². The lowest BCUT2D eigenvalue weighted by Gasteiger charge is -2.22. The van der Waals surface area contributed by atoms with Crippen molar-refractivity contribution in [2.45, 2.75) is 12.8 Å². The summed E-state index contributed by atoms with van der Waals surface area (Å²) in [5.74, 6) is -2.51. The molecule has 3 aromatic rings. The fraction of sp³-hybridized carbons (Fsp3) is 0.120. The Balaban J connectivity index is 1.82. The predicted octanol–water partition coefficient (Wildman–Crippen LogP) is 2.45. The van der Waals surface area contributed by atoms with E-state index in [1.807, 2.05) is 60.7 Å². The van der Waals surface area contributed by atoms with Crippen LogP contribution in [-0.2, 0) is 19.2 Å². The zero-order valence-corrected chi connectivity index (χ0v) is 18.7. The zero-order chi connectivity index (χ0) is 23.4. The number of imide groups is 1. The van der Waals surface area contributed by atoms with E-state index in [1.54, 1.807) is 6.07 Å². The summed E-state index contributed by atoms with van der Waals surface area (Å²) in [5.41, 5.74) is 0.436. The SMILES string of the molecule is COC(=O)c1ccc(C(=O)ON2C(=O)CCC2=O)cc1P(c1ccccc1)c1ccccc1. The van der Waals surface area contributed by atoms with E-state index < -0.39 is 31.7 Å². The topological polar surface area (TPSA) is 90.0 Å². The van der Waals surface area contributed by atoms with Crippen molar-refractivity contribution in [1.29, 1.82) is 0 Å². The number of amides is 2. The van der Waals surface area contributed by atoms with Gasteiger partial charge in [-0.15, -0.1) is 5.06 Å². The number of rotatable bonds is 6. The second-order valence-electron chi connectivity index (χ2n) is 7.19. The molecule has 0 atom stereocenters. The molecule has 0 saturated carbocycles. The second kappa shape index (κ2) is 9.76. The Morgan fingerprint density at radius 1 is 0.788 bits per heavy atom. The Bertz CT molecular complexity index is 1160. The number of hydrogen-bond acceptors (Lipinski definition) is 6. The van der Waals surface area contributed by atoms with Gasteiger partial charge in [-0.2, -0.15) is 0 Å². The fourth-order valence-corrected chi connectivity index (χ4v) is 5.97. The van der Waals surface area contributed by atoms with Crippen LogP contribution in [0.15, 0.2) is 78.9 Å². The van der Waals surface area contributed by atoms with E-state index in [0.717, 1.165) is 10.6 Å². The minimum absolute atomic E-state index is 0.00591. The molecule has 1 fully saturated rings. The van der Waals surface area contributed by atoms with Gasteiger partial charge < -0.3 is 9.57 Å². The molecule has 0 spiro atoms. The summed E-state index contributed by atoms with van der Waals surface area (Å²) in [5, 5.41) is 3.05. The Labute approximate surface area is 191 Å². The fourth-order valence-electron chi connectivity index (χ4n) is 3.50. The van der Waals surface area contributed by atoms with E-state index in [9.17, 15) is 19.2 Å². The lowest BCUT2D eigenvalue weighted by Crippen LogP contribution is -2.32. The number of hydrogen-bond donors (Lipinski definition) is 0. The third-order valence-corrected chi connectivity index (χ3v) is 7.57. The van der Waals surface area contributed by atoms with E-state index in [4.69, 9.17) is 9.57 Å². The van der Waals surface area contributed by atoms with Crippen molar-refractivity contribution in [3.05, 3.63) is 90.0 Å². The highest BCUT2D eigenvalue weighted by atomic mass is 31.1. The number of ether oxygens (including phenoxy) is 1. The van der Waals surface area contributed by atoms with Gasteiger partial charge in [-0.05, 0) is 36.7 Å². The molecule has 33 heavy (non-hydrogen) atoms.